The molecule has 0 radical (unpaired) electrons. The predicted octanol–water partition coefficient (Wildman–Crippen LogP) is 0.209. The number of aliphatic imine (C=N–C) groups is 1. The van der Waals surface area contributed by atoms with Crippen LogP contribution in [0.15, 0.2) is 17.4 Å². The lowest BCUT2D eigenvalue weighted by molar-refractivity contribution is -0.129. The average Bonchev–Trinajstić information content (AvgIpc) is 2.99. The van der Waals surface area contributed by atoms with Crippen molar-refractivity contribution < 1.29 is 4.79 Å². The first-order chi connectivity index (χ1) is 11.5. The van der Waals surface area contributed by atoms with Crippen molar-refractivity contribution in [1.29, 1.82) is 0 Å². The third-order valence-electron chi connectivity index (χ3n) is 4.35. The molecule has 1 aliphatic heterocycles. The molecule has 0 saturated carbocycles. The fourth-order valence-electron chi connectivity index (χ4n) is 2.72. The number of halogens is 1. The zero-order chi connectivity index (χ0) is 17.5. The minimum absolute atomic E-state index is 0. The van der Waals surface area contributed by atoms with Crippen molar-refractivity contribution in [2.24, 2.45) is 12.0 Å². The molecule has 1 amide bonds. The Morgan fingerprint density at radius 1 is 1.32 bits per heavy atom. The van der Waals surface area contributed by atoms with E-state index in [-0.39, 0.29) is 29.9 Å². The van der Waals surface area contributed by atoms with Crippen LogP contribution in [0.5, 0.6) is 0 Å². The molecule has 1 saturated heterocycles. The highest BCUT2D eigenvalue weighted by molar-refractivity contribution is 14.0. The van der Waals surface area contributed by atoms with E-state index < -0.39 is 0 Å². The van der Waals surface area contributed by atoms with Gasteiger partial charge in [0.25, 0.3) is 0 Å². The van der Waals surface area contributed by atoms with Gasteiger partial charge in [-0.3, -0.25) is 14.7 Å². The molecule has 9 heteroatoms. The lowest BCUT2D eigenvalue weighted by Gasteiger charge is -2.36. The van der Waals surface area contributed by atoms with Gasteiger partial charge in [-0.15, -0.1) is 24.0 Å². The van der Waals surface area contributed by atoms with E-state index in [1.807, 2.05) is 24.9 Å². The quantitative estimate of drug-likeness (QED) is 0.384. The maximum absolute atomic E-state index is 11.7. The van der Waals surface area contributed by atoms with E-state index in [0.29, 0.717) is 13.0 Å². The summed E-state index contributed by atoms with van der Waals surface area (Å²) in [5, 5.41) is 3.38. The van der Waals surface area contributed by atoms with Crippen molar-refractivity contribution in [3.05, 3.63) is 18.2 Å². The minimum atomic E-state index is 0. The Morgan fingerprint density at radius 3 is 2.52 bits per heavy atom. The second-order valence-corrected chi connectivity index (χ2v) is 6.22. The molecule has 142 valence electrons. The number of hydrogen-bond acceptors (Lipinski definition) is 4. The number of rotatable bonds is 5. The standard InChI is InChI=1S/C16H29N7O.HI/c1-17-16(19-13-14-18-6-8-21(14)4)23-11-9-22(10-12-23)7-5-15(24)20(2)3;/h6,8H,5,7,9-13H2,1-4H3,(H,17,19);1H. The summed E-state index contributed by atoms with van der Waals surface area (Å²) in [5.41, 5.74) is 0. The second kappa shape index (κ2) is 10.6. The SMILES string of the molecule is CN=C(NCc1nccn1C)N1CCN(CCC(=O)N(C)C)CC1.I. The van der Waals surface area contributed by atoms with E-state index in [1.54, 1.807) is 25.2 Å². The molecule has 1 N–H and O–H groups in total. The summed E-state index contributed by atoms with van der Waals surface area (Å²) in [6.07, 6.45) is 4.32. The smallest absolute Gasteiger partial charge is 0.223 e. The topological polar surface area (TPSA) is 69.0 Å². The molecule has 2 heterocycles. The van der Waals surface area contributed by atoms with Crippen LogP contribution in [0.25, 0.3) is 0 Å². The Kier molecular flexibility index (Phi) is 9.19. The molecule has 1 fully saturated rings. The zero-order valence-corrected chi connectivity index (χ0v) is 17.9. The van der Waals surface area contributed by atoms with Gasteiger partial charge in [0.2, 0.25) is 5.91 Å². The summed E-state index contributed by atoms with van der Waals surface area (Å²) in [5.74, 6) is 2.07. The Morgan fingerprint density at radius 2 is 2.00 bits per heavy atom. The number of nitrogens with one attached hydrogen (secondary N) is 1. The first-order valence-corrected chi connectivity index (χ1v) is 8.35. The van der Waals surface area contributed by atoms with E-state index in [4.69, 9.17) is 0 Å². The van der Waals surface area contributed by atoms with Gasteiger partial charge < -0.3 is 19.7 Å². The van der Waals surface area contributed by atoms with Gasteiger partial charge >= 0.3 is 0 Å². The molecule has 0 aliphatic carbocycles. The second-order valence-electron chi connectivity index (χ2n) is 6.22. The van der Waals surface area contributed by atoms with Gasteiger partial charge in [0, 0.05) is 79.7 Å². The van der Waals surface area contributed by atoms with Gasteiger partial charge in [-0.1, -0.05) is 0 Å². The lowest BCUT2D eigenvalue weighted by Crippen LogP contribution is -2.52. The van der Waals surface area contributed by atoms with Gasteiger partial charge in [0.05, 0.1) is 6.54 Å². The van der Waals surface area contributed by atoms with Crippen LogP contribution in [-0.4, -0.2) is 90.0 Å². The fourth-order valence-corrected chi connectivity index (χ4v) is 2.72. The average molecular weight is 463 g/mol. The summed E-state index contributed by atoms with van der Waals surface area (Å²) in [4.78, 5) is 26.6. The Hall–Kier alpha value is -1.36. The maximum atomic E-state index is 11.7. The summed E-state index contributed by atoms with van der Waals surface area (Å²) < 4.78 is 2.00. The van der Waals surface area contributed by atoms with Crippen LogP contribution in [0.4, 0.5) is 0 Å². The van der Waals surface area contributed by atoms with Crippen LogP contribution in [-0.2, 0) is 18.4 Å². The van der Waals surface area contributed by atoms with E-state index in [0.717, 1.165) is 44.5 Å². The summed E-state index contributed by atoms with van der Waals surface area (Å²) in [6, 6.07) is 0. The van der Waals surface area contributed by atoms with Crippen molar-refractivity contribution in [3.8, 4) is 0 Å². The Bertz CT molecular complexity index is 565. The molecular formula is C16H30IN7O. The Balaban J connectivity index is 0.00000312. The van der Waals surface area contributed by atoms with Crippen LogP contribution in [0, 0.1) is 0 Å². The van der Waals surface area contributed by atoms with E-state index >= 15 is 0 Å². The summed E-state index contributed by atoms with van der Waals surface area (Å²) >= 11 is 0. The highest BCUT2D eigenvalue weighted by Gasteiger charge is 2.20. The highest BCUT2D eigenvalue weighted by atomic mass is 127. The molecule has 1 aliphatic rings. The van der Waals surface area contributed by atoms with Crippen LogP contribution in [0.3, 0.4) is 0 Å². The lowest BCUT2D eigenvalue weighted by atomic mass is 10.3. The van der Waals surface area contributed by atoms with Gasteiger partial charge in [-0.25, -0.2) is 4.98 Å². The first kappa shape index (κ1) is 21.7. The number of carbonyl (C=O) groups is 1. The molecule has 2 rings (SSSR count). The third kappa shape index (κ3) is 6.46. The first-order valence-electron chi connectivity index (χ1n) is 8.35. The van der Waals surface area contributed by atoms with Crippen molar-refractivity contribution in [2.75, 3.05) is 53.9 Å². The number of carbonyl (C=O) groups excluding carboxylic acids is 1. The zero-order valence-electron chi connectivity index (χ0n) is 15.6. The molecule has 0 aromatic carbocycles. The molecular weight excluding hydrogens is 433 g/mol. The van der Waals surface area contributed by atoms with Crippen LogP contribution in [0.1, 0.15) is 12.2 Å². The number of guanidine groups is 1. The molecule has 0 atom stereocenters. The minimum Gasteiger partial charge on any atom is -0.349 e. The number of hydrogen-bond donors (Lipinski definition) is 1. The normalized spacial score (nSPS) is 15.7. The predicted molar refractivity (Wildman–Crippen MR) is 110 cm³/mol. The fraction of sp³-hybridized carbons (Fsp3) is 0.688. The summed E-state index contributed by atoms with van der Waals surface area (Å²) in [7, 11) is 7.40. The van der Waals surface area contributed by atoms with Gasteiger partial charge in [0.1, 0.15) is 5.82 Å². The number of nitrogens with zero attached hydrogens (tertiary/aromatic N) is 6. The molecule has 1 aromatic heterocycles. The number of imidazole rings is 1. The van der Waals surface area contributed by atoms with Crippen molar-refractivity contribution in [2.45, 2.75) is 13.0 Å². The Labute approximate surface area is 167 Å². The maximum Gasteiger partial charge on any atom is 0.223 e. The largest absolute Gasteiger partial charge is 0.349 e. The van der Waals surface area contributed by atoms with E-state index in [9.17, 15) is 4.79 Å². The van der Waals surface area contributed by atoms with Crippen molar-refractivity contribution >= 4 is 35.8 Å². The summed E-state index contributed by atoms with van der Waals surface area (Å²) in [6.45, 7) is 5.21. The van der Waals surface area contributed by atoms with Crippen LogP contribution < -0.4 is 5.32 Å². The van der Waals surface area contributed by atoms with Gasteiger partial charge in [-0.2, -0.15) is 0 Å². The van der Waals surface area contributed by atoms with Gasteiger partial charge in [0.15, 0.2) is 5.96 Å². The van der Waals surface area contributed by atoms with E-state index in [2.05, 4.69) is 25.1 Å². The molecule has 0 unspecified atom stereocenters. The number of aromatic nitrogens is 2. The number of piperazine rings is 1. The molecule has 1 aromatic rings. The van der Waals surface area contributed by atoms with Crippen molar-refractivity contribution in [3.63, 3.8) is 0 Å². The third-order valence-corrected chi connectivity index (χ3v) is 4.35. The molecule has 0 bridgehead atoms. The van der Waals surface area contributed by atoms with Gasteiger partial charge in [-0.05, 0) is 0 Å². The number of aryl methyl sites for hydroxylation is 1. The molecule has 0 spiro atoms. The van der Waals surface area contributed by atoms with Crippen LogP contribution >= 0.6 is 24.0 Å². The van der Waals surface area contributed by atoms with Crippen LogP contribution in [0.2, 0.25) is 0 Å². The van der Waals surface area contributed by atoms with Crippen molar-refractivity contribution in [1.82, 2.24) is 29.6 Å². The highest BCUT2D eigenvalue weighted by Crippen LogP contribution is 2.04. The monoisotopic (exact) mass is 463 g/mol. The molecule has 25 heavy (non-hydrogen) atoms. The molecule has 8 nitrogen and oxygen atoms in total. The number of amides is 1. The van der Waals surface area contributed by atoms with E-state index in [1.165, 1.54) is 0 Å².